The molecule has 1 aromatic carbocycles. The van der Waals surface area contributed by atoms with Crippen molar-refractivity contribution in [2.75, 3.05) is 13.6 Å². The molecule has 0 spiro atoms. The number of halogens is 1. The van der Waals surface area contributed by atoms with Crippen molar-refractivity contribution >= 4 is 22.5 Å². The number of aromatic nitrogens is 1. The molecule has 0 aliphatic rings. The van der Waals surface area contributed by atoms with E-state index in [0.29, 0.717) is 0 Å². The van der Waals surface area contributed by atoms with Gasteiger partial charge in [-0.3, -0.25) is 0 Å². The molecule has 0 bridgehead atoms. The van der Waals surface area contributed by atoms with Gasteiger partial charge in [-0.25, -0.2) is 0 Å². The van der Waals surface area contributed by atoms with Crippen LogP contribution in [-0.2, 0) is 13.5 Å². The van der Waals surface area contributed by atoms with Crippen LogP contribution < -0.4 is 5.32 Å². The molecule has 0 aliphatic carbocycles. The molecule has 0 amide bonds. The van der Waals surface area contributed by atoms with Gasteiger partial charge in [-0.15, -0.1) is 0 Å². The largest absolute Gasteiger partial charge is 0.347 e. The van der Waals surface area contributed by atoms with Crippen LogP contribution in [0, 0.1) is 6.92 Å². The van der Waals surface area contributed by atoms with Crippen molar-refractivity contribution in [3.8, 4) is 0 Å². The Labute approximate surface area is 101 Å². The summed E-state index contributed by atoms with van der Waals surface area (Å²) in [5, 5.41) is 5.29. The first-order valence-electron chi connectivity index (χ1n) is 5.53. The Morgan fingerprint density at radius 1 is 1.38 bits per heavy atom. The summed E-state index contributed by atoms with van der Waals surface area (Å²) >= 11 is 6.15. The molecule has 0 radical (unpaired) electrons. The number of rotatable bonds is 3. The van der Waals surface area contributed by atoms with E-state index in [0.717, 1.165) is 23.6 Å². The standard InChI is InChI=1S/C13H17ClN2/c1-9-12(14)5-4-10-8-11(6-7-15-2)16(3)13(9)10/h4-5,8,15H,6-7H2,1-3H3. The van der Waals surface area contributed by atoms with Gasteiger partial charge in [0.05, 0.1) is 5.52 Å². The lowest BCUT2D eigenvalue weighted by atomic mass is 10.1. The minimum atomic E-state index is 0.842. The number of nitrogens with one attached hydrogen (secondary N) is 1. The minimum absolute atomic E-state index is 0.842. The highest BCUT2D eigenvalue weighted by molar-refractivity contribution is 6.32. The second-order valence-corrected chi connectivity index (χ2v) is 4.57. The lowest BCUT2D eigenvalue weighted by Gasteiger charge is -2.06. The fraction of sp³-hybridized carbons (Fsp3) is 0.385. The second kappa shape index (κ2) is 4.48. The van der Waals surface area contributed by atoms with Gasteiger partial charge in [-0.2, -0.15) is 0 Å². The predicted molar refractivity (Wildman–Crippen MR) is 70.3 cm³/mol. The topological polar surface area (TPSA) is 17.0 Å². The molecule has 0 unspecified atom stereocenters. The van der Waals surface area contributed by atoms with Crippen LogP contribution >= 0.6 is 11.6 Å². The summed E-state index contributed by atoms with van der Waals surface area (Å²) in [6.07, 6.45) is 1.04. The molecule has 2 rings (SSSR count). The van der Waals surface area contributed by atoms with Gasteiger partial charge in [-0.1, -0.05) is 17.7 Å². The lowest BCUT2D eigenvalue weighted by Crippen LogP contribution is -2.12. The number of hydrogen-bond acceptors (Lipinski definition) is 1. The number of hydrogen-bond donors (Lipinski definition) is 1. The van der Waals surface area contributed by atoms with Gasteiger partial charge in [-0.05, 0) is 31.7 Å². The fourth-order valence-electron chi connectivity index (χ4n) is 2.17. The Morgan fingerprint density at radius 2 is 2.12 bits per heavy atom. The quantitative estimate of drug-likeness (QED) is 0.867. The molecule has 3 heteroatoms. The van der Waals surface area contributed by atoms with Gasteiger partial charge in [0.2, 0.25) is 0 Å². The van der Waals surface area contributed by atoms with Gasteiger partial charge in [0.25, 0.3) is 0 Å². The third-order valence-electron chi connectivity index (χ3n) is 3.12. The average Bonchev–Trinajstić information content (AvgIpc) is 2.59. The second-order valence-electron chi connectivity index (χ2n) is 4.16. The molecule has 0 saturated carbocycles. The maximum absolute atomic E-state index is 6.15. The molecule has 1 heterocycles. The van der Waals surface area contributed by atoms with Gasteiger partial charge >= 0.3 is 0 Å². The molecule has 0 fully saturated rings. The van der Waals surface area contributed by atoms with Crippen LogP contribution in [0.5, 0.6) is 0 Å². The van der Waals surface area contributed by atoms with Crippen LogP contribution in [0.15, 0.2) is 18.2 Å². The van der Waals surface area contributed by atoms with E-state index < -0.39 is 0 Å². The number of aryl methyl sites for hydroxylation is 2. The van der Waals surface area contributed by atoms with Crippen LogP contribution in [0.2, 0.25) is 5.02 Å². The minimum Gasteiger partial charge on any atom is -0.347 e. The first-order valence-corrected chi connectivity index (χ1v) is 5.91. The highest BCUT2D eigenvalue weighted by Crippen LogP contribution is 2.27. The Bertz CT molecular complexity index is 514. The third kappa shape index (κ3) is 1.83. The molecule has 16 heavy (non-hydrogen) atoms. The predicted octanol–water partition coefficient (Wildman–Crippen LogP) is 2.90. The smallest absolute Gasteiger partial charge is 0.0524 e. The molecular formula is C13H17ClN2. The average molecular weight is 237 g/mol. The fourth-order valence-corrected chi connectivity index (χ4v) is 2.32. The SMILES string of the molecule is CNCCc1cc2ccc(Cl)c(C)c2n1C. The summed E-state index contributed by atoms with van der Waals surface area (Å²) in [5.41, 5.74) is 3.76. The maximum atomic E-state index is 6.15. The monoisotopic (exact) mass is 236 g/mol. The summed E-state index contributed by atoms with van der Waals surface area (Å²) in [6.45, 7) is 3.07. The molecule has 2 nitrogen and oxygen atoms in total. The molecular weight excluding hydrogens is 220 g/mol. The molecule has 1 aromatic heterocycles. The Kier molecular flexibility index (Phi) is 3.22. The highest BCUT2D eigenvalue weighted by atomic mass is 35.5. The zero-order chi connectivity index (χ0) is 11.7. The first-order chi connectivity index (χ1) is 7.65. The summed E-state index contributed by atoms with van der Waals surface area (Å²) in [6, 6.07) is 6.31. The van der Waals surface area contributed by atoms with Crippen LogP contribution in [-0.4, -0.2) is 18.2 Å². The molecule has 0 saturated heterocycles. The Morgan fingerprint density at radius 3 is 2.81 bits per heavy atom. The zero-order valence-corrected chi connectivity index (χ0v) is 10.7. The van der Waals surface area contributed by atoms with Gasteiger partial charge in [0, 0.05) is 36.1 Å². The van der Waals surface area contributed by atoms with Crippen molar-refractivity contribution in [3.63, 3.8) is 0 Å². The lowest BCUT2D eigenvalue weighted by molar-refractivity contribution is 0.745. The van der Waals surface area contributed by atoms with Crippen molar-refractivity contribution in [3.05, 3.63) is 34.5 Å². The van der Waals surface area contributed by atoms with Crippen LogP contribution in [0.4, 0.5) is 0 Å². The highest BCUT2D eigenvalue weighted by Gasteiger charge is 2.09. The van der Waals surface area contributed by atoms with E-state index in [1.807, 2.05) is 13.1 Å². The van der Waals surface area contributed by atoms with Gasteiger partial charge < -0.3 is 9.88 Å². The van der Waals surface area contributed by atoms with Crippen molar-refractivity contribution in [1.29, 1.82) is 0 Å². The van der Waals surface area contributed by atoms with Crippen molar-refractivity contribution in [2.45, 2.75) is 13.3 Å². The summed E-state index contributed by atoms with van der Waals surface area (Å²) < 4.78 is 2.24. The number of likely N-dealkylation sites (N-methyl/N-ethyl adjacent to an activating group) is 1. The molecule has 0 atom stereocenters. The first kappa shape index (κ1) is 11.5. The molecule has 2 aromatic rings. The molecule has 1 N–H and O–H groups in total. The van der Waals surface area contributed by atoms with Crippen molar-refractivity contribution in [1.82, 2.24) is 9.88 Å². The van der Waals surface area contributed by atoms with E-state index in [4.69, 9.17) is 11.6 Å². The normalized spacial score (nSPS) is 11.2. The maximum Gasteiger partial charge on any atom is 0.0524 e. The van der Waals surface area contributed by atoms with Crippen LogP contribution in [0.3, 0.4) is 0 Å². The van der Waals surface area contributed by atoms with Crippen molar-refractivity contribution in [2.24, 2.45) is 7.05 Å². The Balaban J connectivity index is 2.55. The van der Waals surface area contributed by atoms with E-state index >= 15 is 0 Å². The third-order valence-corrected chi connectivity index (χ3v) is 3.53. The number of nitrogens with zero attached hydrogens (tertiary/aromatic N) is 1. The Hall–Kier alpha value is -0.990. The zero-order valence-electron chi connectivity index (χ0n) is 9.97. The van der Waals surface area contributed by atoms with Gasteiger partial charge in [0.15, 0.2) is 0 Å². The van der Waals surface area contributed by atoms with Gasteiger partial charge in [0.1, 0.15) is 0 Å². The van der Waals surface area contributed by atoms with E-state index in [-0.39, 0.29) is 0 Å². The molecule has 0 aliphatic heterocycles. The number of benzene rings is 1. The van der Waals surface area contributed by atoms with Crippen molar-refractivity contribution < 1.29 is 0 Å². The summed E-state index contributed by atoms with van der Waals surface area (Å²) in [7, 11) is 4.08. The summed E-state index contributed by atoms with van der Waals surface area (Å²) in [5.74, 6) is 0. The van der Waals surface area contributed by atoms with E-state index in [1.54, 1.807) is 0 Å². The van der Waals surface area contributed by atoms with Crippen LogP contribution in [0.25, 0.3) is 10.9 Å². The van der Waals surface area contributed by atoms with Crippen LogP contribution in [0.1, 0.15) is 11.3 Å². The van der Waals surface area contributed by atoms with E-state index in [2.05, 4.69) is 36.0 Å². The van der Waals surface area contributed by atoms with E-state index in [9.17, 15) is 0 Å². The number of fused-ring (bicyclic) bond motifs is 1. The van der Waals surface area contributed by atoms with E-state index in [1.165, 1.54) is 16.6 Å². The summed E-state index contributed by atoms with van der Waals surface area (Å²) in [4.78, 5) is 0. The molecule has 86 valence electrons.